The Labute approximate surface area is 128 Å². The Kier molecular flexibility index (Phi) is 6.24. The molecule has 3 nitrogen and oxygen atoms in total. The lowest BCUT2D eigenvalue weighted by Gasteiger charge is -2.34. The van der Waals surface area contributed by atoms with Crippen molar-refractivity contribution in [1.82, 2.24) is 10.6 Å². The normalized spacial score (nSPS) is 25.5. The van der Waals surface area contributed by atoms with Gasteiger partial charge < -0.3 is 10.6 Å². The number of hydrogen-bond donors (Lipinski definition) is 2. The Hall–Kier alpha value is -1.35. The van der Waals surface area contributed by atoms with Crippen molar-refractivity contribution in [1.29, 1.82) is 0 Å². The average Bonchev–Trinajstić information content (AvgIpc) is 2.49. The molecule has 1 aromatic carbocycles. The van der Waals surface area contributed by atoms with Crippen LogP contribution in [-0.2, 0) is 11.2 Å². The molecule has 3 atom stereocenters. The monoisotopic (exact) mass is 288 g/mol. The minimum atomic E-state index is 0.133. The zero-order valence-electron chi connectivity index (χ0n) is 13.3. The number of benzene rings is 1. The first kappa shape index (κ1) is 16.0. The fourth-order valence-corrected chi connectivity index (χ4v) is 3.12. The minimum Gasteiger partial charge on any atom is -0.352 e. The summed E-state index contributed by atoms with van der Waals surface area (Å²) >= 11 is 0. The molecule has 2 N–H and O–H groups in total. The summed E-state index contributed by atoms with van der Waals surface area (Å²) in [4.78, 5) is 12.0. The number of carbonyl (C=O) groups is 1. The molecule has 1 aliphatic carbocycles. The molecule has 0 radical (unpaired) electrons. The van der Waals surface area contributed by atoms with Gasteiger partial charge in [-0.25, -0.2) is 0 Å². The van der Waals surface area contributed by atoms with E-state index in [4.69, 9.17) is 0 Å². The Bertz CT molecular complexity index is 432. The number of hydrogen-bond acceptors (Lipinski definition) is 2. The highest BCUT2D eigenvalue weighted by molar-refractivity contribution is 5.78. The first-order valence-electron chi connectivity index (χ1n) is 8.21. The number of amides is 1. The van der Waals surface area contributed by atoms with Crippen LogP contribution >= 0.6 is 0 Å². The topological polar surface area (TPSA) is 41.1 Å². The summed E-state index contributed by atoms with van der Waals surface area (Å²) in [6.45, 7) is 5.82. The van der Waals surface area contributed by atoms with Gasteiger partial charge in [0.15, 0.2) is 0 Å². The molecule has 1 fully saturated rings. The van der Waals surface area contributed by atoms with Crippen LogP contribution in [0.25, 0.3) is 0 Å². The zero-order valence-corrected chi connectivity index (χ0v) is 13.3. The fraction of sp³-hybridized carbons (Fsp3) is 0.611. The Morgan fingerprint density at radius 3 is 2.71 bits per heavy atom. The van der Waals surface area contributed by atoms with Gasteiger partial charge in [-0.15, -0.1) is 0 Å². The summed E-state index contributed by atoms with van der Waals surface area (Å²) in [7, 11) is 0. The van der Waals surface area contributed by atoms with Gasteiger partial charge >= 0.3 is 0 Å². The summed E-state index contributed by atoms with van der Waals surface area (Å²) in [5.74, 6) is 1.44. The quantitative estimate of drug-likeness (QED) is 0.790. The molecule has 0 unspecified atom stereocenters. The van der Waals surface area contributed by atoms with Gasteiger partial charge in [-0.2, -0.15) is 0 Å². The van der Waals surface area contributed by atoms with E-state index in [1.165, 1.54) is 18.4 Å². The molecular formula is C18H28N2O. The third-order valence-corrected chi connectivity index (χ3v) is 4.77. The van der Waals surface area contributed by atoms with E-state index in [9.17, 15) is 4.79 Å². The van der Waals surface area contributed by atoms with E-state index in [0.29, 0.717) is 18.5 Å². The van der Waals surface area contributed by atoms with Gasteiger partial charge in [0.25, 0.3) is 0 Å². The van der Waals surface area contributed by atoms with E-state index in [1.54, 1.807) is 0 Å². The van der Waals surface area contributed by atoms with Crippen LogP contribution in [0.15, 0.2) is 30.3 Å². The van der Waals surface area contributed by atoms with Crippen LogP contribution in [0.1, 0.15) is 38.7 Å². The van der Waals surface area contributed by atoms with Crippen molar-refractivity contribution in [2.24, 2.45) is 11.8 Å². The van der Waals surface area contributed by atoms with Crippen molar-refractivity contribution in [2.45, 2.75) is 45.6 Å². The Morgan fingerprint density at radius 2 is 1.95 bits per heavy atom. The van der Waals surface area contributed by atoms with Crippen LogP contribution in [0.3, 0.4) is 0 Å². The second kappa shape index (κ2) is 8.18. The summed E-state index contributed by atoms with van der Waals surface area (Å²) in [6, 6.07) is 10.7. The molecule has 3 heteroatoms. The van der Waals surface area contributed by atoms with Crippen molar-refractivity contribution in [3.05, 3.63) is 35.9 Å². The van der Waals surface area contributed by atoms with Gasteiger partial charge in [0, 0.05) is 6.04 Å². The fourth-order valence-electron chi connectivity index (χ4n) is 3.12. The summed E-state index contributed by atoms with van der Waals surface area (Å²) in [5.41, 5.74) is 1.31. The SMILES string of the molecule is C[C@H]1[C@H](C)CCC[C@@H]1NC(=O)CNCCc1ccccc1. The van der Waals surface area contributed by atoms with Crippen LogP contribution in [0, 0.1) is 11.8 Å². The van der Waals surface area contributed by atoms with Gasteiger partial charge in [0.1, 0.15) is 0 Å². The standard InChI is InChI=1S/C18H28N2O/c1-14-7-6-10-17(15(14)2)20-18(21)13-19-12-11-16-8-4-3-5-9-16/h3-5,8-9,14-15,17,19H,6-7,10-13H2,1-2H3,(H,20,21)/t14-,15+,17+/m1/s1. The van der Waals surface area contributed by atoms with Gasteiger partial charge in [-0.3, -0.25) is 4.79 Å². The molecule has 1 amide bonds. The third-order valence-electron chi connectivity index (χ3n) is 4.77. The Morgan fingerprint density at radius 1 is 1.19 bits per heavy atom. The van der Waals surface area contributed by atoms with Crippen molar-refractivity contribution in [3.8, 4) is 0 Å². The highest BCUT2D eigenvalue weighted by atomic mass is 16.1. The molecule has 1 aliphatic rings. The highest BCUT2D eigenvalue weighted by Gasteiger charge is 2.27. The lowest BCUT2D eigenvalue weighted by Crippen LogP contribution is -2.46. The van der Waals surface area contributed by atoms with E-state index < -0.39 is 0 Å². The zero-order chi connectivity index (χ0) is 15.1. The third kappa shape index (κ3) is 5.16. The van der Waals surface area contributed by atoms with Crippen LogP contribution in [0.5, 0.6) is 0 Å². The largest absolute Gasteiger partial charge is 0.352 e. The number of nitrogens with one attached hydrogen (secondary N) is 2. The maximum atomic E-state index is 12.0. The van der Waals surface area contributed by atoms with E-state index >= 15 is 0 Å². The molecule has 0 saturated heterocycles. The maximum Gasteiger partial charge on any atom is 0.234 e. The number of carbonyl (C=O) groups excluding carboxylic acids is 1. The molecule has 116 valence electrons. The van der Waals surface area contributed by atoms with E-state index in [2.05, 4.69) is 36.6 Å². The van der Waals surface area contributed by atoms with Gasteiger partial charge in [-0.05, 0) is 36.8 Å². The summed E-state index contributed by atoms with van der Waals surface area (Å²) in [6.07, 6.45) is 4.62. The number of rotatable bonds is 6. The van der Waals surface area contributed by atoms with Crippen LogP contribution < -0.4 is 10.6 Å². The molecule has 1 aromatic rings. The van der Waals surface area contributed by atoms with Gasteiger partial charge in [0.05, 0.1) is 6.54 Å². The van der Waals surface area contributed by atoms with E-state index in [1.807, 2.05) is 18.2 Å². The second-order valence-corrected chi connectivity index (χ2v) is 6.35. The average molecular weight is 288 g/mol. The van der Waals surface area contributed by atoms with Crippen LogP contribution in [0.4, 0.5) is 0 Å². The van der Waals surface area contributed by atoms with Crippen molar-refractivity contribution in [3.63, 3.8) is 0 Å². The minimum absolute atomic E-state index is 0.133. The Balaban J connectivity index is 1.63. The lowest BCUT2D eigenvalue weighted by molar-refractivity contribution is -0.121. The van der Waals surface area contributed by atoms with Crippen molar-refractivity contribution >= 4 is 5.91 Å². The second-order valence-electron chi connectivity index (χ2n) is 6.35. The molecular weight excluding hydrogens is 260 g/mol. The molecule has 0 spiro atoms. The van der Waals surface area contributed by atoms with E-state index in [-0.39, 0.29) is 5.91 Å². The van der Waals surface area contributed by atoms with Crippen molar-refractivity contribution in [2.75, 3.05) is 13.1 Å². The maximum absolute atomic E-state index is 12.0. The molecule has 0 heterocycles. The summed E-state index contributed by atoms with van der Waals surface area (Å²) < 4.78 is 0. The van der Waals surface area contributed by atoms with E-state index in [0.717, 1.165) is 25.3 Å². The van der Waals surface area contributed by atoms with Gasteiger partial charge in [-0.1, -0.05) is 57.0 Å². The molecule has 0 bridgehead atoms. The molecule has 0 aliphatic heterocycles. The molecule has 0 aromatic heterocycles. The smallest absolute Gasteiger partial charge is 0.234 e. The predicted octanol–water partition coefficient (Wildman–Crippen LogP) is 2.76. The molecule has 21 heavy (non-hydrogen) atoms. The lowest BCUT2D eigenvalue weighted by atomic mass is 9.78. The highest BCUT2D eigenvalue weighted by Crippen LogP contribution is 2.29. The molecule has 1 saturated carbocycles. The van der Waals surface area contributed by atoms with Crippen LogP contribution in [0.2, 0.25) is 0 Å². The van der Waals surface area contributed by atoms with Crippen molar-refractivity contribution < 1.29 is 4.79 Å². The molecule has 2 rings (SSSR count). The van der Waals surface area contributed by atoms with Gasteiger partial charge in [0.2, 0.25) is 5.91 Å². The first-order chi connectivity index (χ1) is 10.2. The van der Waals surface area contributed by atoms with Crippen LogP contribution in [-0.4, -0.2) is 25.0 Å². The first-order valence-corrected chi connectivity index (χ1v) is 8.21. The summed E-state index contributed by atoms with van der Waals surface area (Å²) in [5, 5.41) is 6.43. The predicted molar refractivity (Wildman–Crippen MR) is 87.1 cm³/mol.